The minimum absolute atomic E-state index is 0.138. The molecule has 0 bridgehead atoms. The summed E-state index contributed by atoms with van der Waals surface area (Å²) in [7, 11) is 0. The fraction of sp³-hybridized carbons (Fsp3) is 0.250. The predicted molar refractivity (Wildman–Crippen MR) is 107 cm³/mol. The van der Waals surface area contributed by atoms with E-state index in [4.69, 9.17) is 6.64 Å². The molecule has 4 nitrogen and oxygen atoms in total. The fourth-order valence-electron chi connectivity index (χ4n) is 5.32. The van der Waals surface area contributed by atoms with Gasteiger partial charge in [-0.05, 0) is 0 Å². The molecule has 0 aromatic heterocycles. The van der Waals surface area contributed by atoms with E-state index in [1.165, 1.54) is 25.0 Å². The quantitative estimate of drug-likeness (QED) is 0.627. The number of allylic oxidation sites excluding steroid dienone is 2. The van der Waals surface area contributed by atoms with Crippen molar-refractivity contribution < 1.29 is 33.6 Å². The van der Waals surface area contributed by atoms with Crippen molar-refractivity contribution in [2.45, 2.75) is 35.1 Å². The second-order valence-electron chi connectivity index (χ2n) is 7.97. The average Bonchev–Trinajstić information content (AvgIpc) is 3.20. The van der Waals surface area contributed by atoms with Crippen molar-refractivity contribution in [3.05, 3.63) is 81.9 Å². The Hall–Kier alpha value is -2.43. The summed E-state index contributed by atoms with van der Waals surface area (Å²) in [5.74, 6) is -0.749. The number of benzene rings is 2. The van der Waals surface area contributed by atoms with Gasteiger partial charge in [0.1, 0.15) is 0 Å². The summed E-state index contributed by atoms with van der Waals surface area (Å²) in [6.45, 7) is 2.85. The number of hydrogen-bond donors (Lipinski definition) is 0. The van der Waals surface area contributed by atoms with Crippen molar-refractivity contribution in [1.29, 1.82) is 0 Å². The zero-order chi connectivity index (χ0) is 20.2. The summed E-state index contributed by atoms with van der Waals surface area (Å²) in [4.78, 5) is 24.8. The van der Waals surface area contributed by atoms with Crippen molar-refractivity contribution in [2.24, 2.45) is 0 Å². The molecule has 1 heterocycles. The van der Waals surface area contributed by atoms with Gasteiger partial charge in [0.15, 0.2) is 0 Å². The Morgan fingerprint density at radius 2 is 1.17 bits per heavy atom. The first-order valence-corrected chi connectivity index (χ1v) is 13.1. The van der Waals surface area contributed by atoms with Gasteiger partial charge in [-0.1, -0.05) is 0 Å². The third-order valence-electron chi connectivity index (χ3n) is 6.15. The van der Waals surface area contributed by atoms with Crippen LogP contribution in [0.15, 0.2) is 59.7 Å². The van der Waals surface area contributed by atoms with Gasteiger partial charge in [0.2, 0.25) is 0 Å². The Labute approximate surface area is 174 Å². The number of carbonyl (C=O) groups is 2. The molecular weight excluding hydrogens is 400 g/mol. The van der Waals surface area contributed by atoms with E-state index < -0.39 is 17.4 Å². The normalized spacial score (nSPS) is 22.8. The Bertz CT molecular complexity index is 1010. The number of rotatable bonds is 2. The second kappa shape index (κ2) is 6.82. The van der Waals surface area contributed by atoms with Gasteiger partial charge in [-0.2, -0.15) is 0 Å². The van der Waals surface area contributed by atoms with Crippen LogP contribution >= 0.6 is 0 Å². The summed E-state index contributed by atoms with van der Waals surface area (Å²) in [5.41, 5.74) is 6.97. The molecule has 2 aromatic rings. The van der Waals surface area contributed by atoms with Gasteiger partial charge in [0.05, 0.1) is 0 Å². The van der Waals surface area contributed by atoms with E-state index in [1.807, 2.05) is 24.3 Å². The SMILES string of the molecule is CC(=O)[O][Ti]1([O]C(C)=O)[CH]2C(=Cc3ccccc32)CCC2=Cc3ccccc3[CH]21. The number of carbonyl (C=O) groups excluding carboxylic acids is 2. The predicted octanol–water partition coefficient (Wildman–Crippen LogP) is 5.17. The summed E-state index contributed by atoms with van der Waals surface area (Å²) < 4.78 is 12.2. The summed E-state index contributed by atoms with van der Waals surface area (Å²) >= 11 is -4.16. The fourth-order valence-corrected chi connectivity index (χ4v) is 12.5. The topological polar surface area (TPSA) is 52.6 Å². The number of hydrogen-bond acceptors (Lipinski definition) is 4. The van der Waals surface area contributed by atoms with E-state index in [2.05, 4.69) is 36.4 Å². The van der Waals surface area contributed by atoms with E-state index in [0.29, 0.717) is 0 Å². The van der Waals surface area contributed by atoms with E-state index in [-0.39, 0.29) is 20.4 Å². The Morgan fingerprint density at radius 1 is 0.759 bits per heavy atom. The number of fused-ring (bicyclic) bond motifs is 6. The van der Waals surface area contributed by atoms with Crippen LogP contribution in [0.4, 0.5) is 0 Å². The molecule has 2 aliphatic carbocycles. The molecule has 0 N–H and O–H groups in total. The first-order valence-electron chi connectivity index (χ1n) is 9.97. The van der Waals surface area contributed by atoms with Crippen LogP contribution in [0, 0.1) is 0 Å². The zero-order valence-electron chi connectivity index (χ0n) is 16.5. The third-order valence-corrected chi connectivity index (χ3v) is 12.7. The van der Waals surface area contributed by atoms with Gasteiger partial charge < -0.3 is 0 Å². The molecule has 2 unspecified atom stereocenters. The van der Waals surface area contributed by atoms with Crippen LogP contribution in [0.3, 0.4) is 0 Å². The Morgan fingerprint density at radius 3 is 1.59 bits per heavy atom. The van der Waals surface area contributed by atoms with Crippen LogP contribution in [0.2, 0.25) is 0 Å². The molecule has 29 heavy (non-hydrogen) atoms. The molecule has 0 amide bonds. The average molecular weight is 422 g/mol. The van der Waals surface area contributed by atoms with Gasteiger partial charge in [-0.25, -0.2) is 0 Å². The van der Waals surface area contributed by atoms with Crippen LogP contribution in [0.5, 0.6) is 0 Å². The molecule has 1 aliphatic heterocycles. The molecule has 146 valence electrons. The molecule has 3 aliphatic rings. The van der Waals surface area contributed by atoms with Crippen molar-refractivity contribution in [1.82, 2.24) is 0 Å². The molecule has 0 saturated carbocycles. The van der Waals surface area contributed by atoms with E-state index in [1.54, 1.807) is 0 Å². The van der Waals surface area contributed by atoms with Gasteiger partial charge in [0.25, 0.3) is 0 Å². The molecular formula is C24H22O4Ti. The van der Waals surface area contributed by atoms with Crippen LogP contribution in [0.25, 0.3) is 12.2 Å². The summed E-state index contributed by atoms with van der Waals surface area (Å²) in [5, 5.41) is 0. The first-order chi connectivity index (χ1) is 14.0. The van der Waals surface area contributed by atoms with E-state index in [9.17, 15) is 9.59 Å². The van der Waals surface area contributed by atoms with Crippen molar-refractivity contribution in [3.8, 4) is 0 Å². The standard InChI is InChI=1S/C20H16.2C2H4O2.Ti/c1-2-6-18-12-15(11-17(18)5-1)9-10-16-13-19-7-3-4-8-20(19)14-16;2*1-2(3)4;/h1-8,11-14H,9-10H2;2*1H3,(H,3,4);/q;;;+2/p-2. The molecule has 0 spiro atoms. The molecule has 5 rings (SSSR count). The van der Waals surface area contributed by atoms with E-state index >= 15 is 0 Å². The second-order valence-corrected chi connectivity index (χ2v) is 12.7. The maximum absolute atomic E-state index is 12.4. The molecule has 2 aromatic carbocycles. The molecule has 2 atom stereocenters. The van der Waals surface area contributed by atoms with Crippen LogP contribution in [-0.2, 0) is 33.6 Å². The molecule has 0 radical (unpaired) electrons. The van der Waals surface area contributed by atoms with Crippen molar-refractivity contribution >= 4 is 24.1 Å². The Kier molecular flexibility index (Phi) is 4.38. The molecule has 1 saturated heterocycles. The van der Waals surface area contributed by atoms with Crippen LogP contribution in [-0.4, -0.2) is 11.9 Å². The van der Waals surface area contributed by atoms with Gasteiger partial charge in [-0.15, -0.1) is 0 Å². The zero-order valence-corrected chi connectivity index (χ0v) is 18.0. The summed E-state index contributed by atoms with van der Waals surface area (Å²) in [6, 6.07) is 16.4. The van der Waals surface area contributed by atoms with Crippen molar-refractivity contribution in [2.75, 3.05) is 0 Å². The molecule has 1 fully saturated rings. The Balaban J connectivity index is 1.80. The first kappa shape index (κ1) is 18.6. The van der Waals surface area contributed by atoms with Gasteiger partial charge >= 0.3 is 175 Å². The molecule has 5 heteroatoms. The minimum atomic E-state index is -4.16. The van der Waals surface area contributed by atoms with Crippen LogP contribution in [0.1, 0.15) is 57.4 Å². The van der Waals surface area contributed by atoms with Gasteiger partial charge in [-0.3, -0.25) is 0 Å². The van der Waals surface area contributed by atoms with Crippen molar-refractivity contribution in [3.63, 3.8) is 0 Å². The van der Waals surface area contributed by atoms with Gasteiger partial charge in [0, 0.05) is 0 Å². The third kappa shape index (κ3) is 2.85. The monoisotopic (exact) mass is 422 g/mol. The van der Waals surface area contributed by atoms with Crippen LogP contribution < -0.4 is 0 Å². The summed E-state index contributed by atoms with van der Waals surface area (Å²) in [6.07, 6.45) is 6.18. The maximum atomic E-state index is 12.4. The van der Waals surface area contributed by atoms with E-state index in [0.717, 1.165) is 35.1 Å².